The summed E-state index contributed by atoms with van der Waals surface area (Å²) in [5.74, 6) is -0.934. The van der Waals surface area contributed by atoms with Crippen LogP contribution in [0.2, 0.25) is 10.0 Å². The molecule has 36 heavy (non-hydrogen) atoms. The van der Waals surface area contributed by atoms with Gasteiger partial charge in [0.1, 0.15) is 0 Å². The van der Waals surface area contributed by atoms with Gasteiger partial charge in [-0.05, 0) is 47.8 Å². The third kappa shape index (κ3) is 4.95. The smallest absolute Gasteiger partial charge is 0.255 e. The van der Waals surface area contributed by atoms with E-state index in [0.29, 0.717) is 29.6 Å². The first-order valence-corrected chi connectivity index (χ1v) is 13.2. The van der Waals surface area contributed by atoms with E-state index in [1.54, 1.807) is 12.1 Å². The van der Waals surface area contributed by atoms with E-state index >= 15 is 0 Å². The Morgan fingerprint density at radius 3 is 1.86 bits per heavy atom. The Kier molecular flexibility index (Phi) is 7.08. The summed E-state index contributed by atoms with van der Waals surface area (Å²) in [6.45, 7) is 11.0. The van der Waals surface area contributed by atoms with Crippen molar-refractivity contribution in [3.8, 4) is 5.75 Å². The van der Waals surface area contributed by atoms with Gasteiger partial charge in [0.25, 0.3) is 5.91 Å². The second kappa shape index (κ2) is 9.53. The van der Waals surface area contributed by atoms with Gasteiger partial charge in [0.05, 0.1) is 10.0 Å². The van der Waals surface area contributed by atoms with Crippen LogP contribution in [0, 0.1) is 10.8 Å². The fourth-order valence-corrected chi connectivity index (χ4v) is 6.52. The summed E-state index contributed by atoms with van der Waals surface area (Å²) in [5, 5.41) is 0.400. The number of nitrogens with two attached hydrogens (primary N) is 1. The number of amides is 1. The molecule has 2 aliphatic carbocycles. The van der Waals surface area contributed by atoms with Crippen LogP contribution >= 0.6 is 23.2 Å². The lowest BCUT2D eigenvalue weighted by Gasteiger charge is -2.49. The van der Waals surface area contributed by atoms with Crippen LogP contribution in [0.3, 0.4) is 0 Å². The summed E-state index contributed by atoms with van der Waals surface area (Å²) in [5.41, 5.74) is 8.88. The molecule has 1 aromatic carbocycles. The highest BCUT2D eigenvalue weighted by molar-refractivity contribution is 6.37. The van der Waals surface area contributed by atoms with Crippen molar-refractivity contribution in [2.75, 3.05) is 13.2 Å². The molecule has 3 aliphatic rings. The minimum Gasteiger partial charge on any atom is -0.481 e. The zero-order valence-corrected chi connectivity index (χ0v) is 23.1. The number of hydrogen-bond acceptors (Lipinski definition) is 5. The lowest BCUT2D eigenvalue weighted by Crippen LogP contribution is -2.44. The fourth-order valence-electron chi connectivity index (χ4n) is 5.90. The Balaban J connectivity index is 1.95. The molecule has 2 N–H and O–H groups in total. The molecule has 194 valence electrons. The number of benzene rings is 1. The average Bonchev–Trinajstić information content (AvgIpc) is 2.72. The molecular weight excluding hydrogens is 499 g/mol. The molecule has 8 heteroatoms. The Hall–Kier alpha value is -2.31. The number of ether oxygens (including phenoxy) is 1. The maximum absolute atomic E-state index is 13.7. The number of nitrogens with zero attached hydrogens (tertiary/aromatic N) is 1. The van der Waals surface area contributed by atoms with Gasteiger partial charge in [-0.1, -0.05) is 57.8 Å². The van der Waals surface area contributed by atoms with E-state index in [4.69, 9.17) is 33.7 Å². The van der Waals surface area contributed by atoms with Crippen molar-refractivity contribution in [3.05, 3.63) is 50.3 Å². The van der Waals surface area contributed by atoms with E-state index in [2.05, 4.69) is 39.5 Å². The topological polar surface area (TPSA) is 89.7 Å². The number of rotatable bonds is 6. The van der Waals surface area contributed by atoms with Crippen LogP contribution in [-0.2, 0) is 14.4 Å². The third-order valence-corrected chi connectivity index (χ3v) is 7.74. The van der Waals surface area contributed by atoms with Crippen LogP contribution in [0.4, 0.5) is 0 Å². The van der Waals surface area contributed by atoms with Crippen molar-refractivity contribution in [2.24, 2.45) is 16.6 Å². The fraction of sp³-hybridized carbons (Fsp3) is 0.536. The zero-order valence-electron chi connectivity index (χ0n) is 21.6. The highest BCUT2D eigenvalue weighted by Crippen LogP contribution is 2.55. The van der Waals surface area contributed by atoms with Gasteiger partial charge in [0.15, 0.2) is 23.9 Å². The SMILES string of the molecule is CCCN1C2=C(C(=O)CC(C)(C)C2)C(c2cc(Cl)c(OCC(N)=O)c(Cl)c2)C2=C1CC(C)(C)CC2=O. The zero-order chi connectivity index (χ0) is 26.6. The first-order valence-electron chi connectivity index (χ1n) is 12.4. The molecule has 6 nitrogen and oxygen atoms in total. The molecule has 0 radical (unpaired) electrons. The standard InChI is InChI=1S/C28H34Cl2N2O4/c1-6-7-32-18-10-27(2,3)12-20(33)24(18)23(25-19(32)11-28(4,5)13-21(25)34)15-8-16(29)26(17(30)9-15)36-14-22(31)35/h8-9,23H,6-7,10-14H2,1-5H3,(H2,31,35). The molecule has 0 unspecified atom stereocenters. The van der Waals surface area contributed by atoms with Crippen LogP contribution < -0.4 is 10.5 Å². The van der Waals surface area contributed by atoms with Crippen LogP contribution in [0.25, 0.3) is 0 Å². The molecule has 1 amide bonds. The van der Waals surface area contributed by atoms with Crippen LogP contribution in [-0.4, -0.2) is 35.5 Å². The Morgan fingerprint density at radius 2 is 1.44 bits per heavy atom. The predicted octanol–water partition coefficient (Wildman–Crippen LogP) is 5.95. The summed E-state index contributed by atoms with van der Waals surface area (Å²) in [6.07, 6.45) is 3.21. The summed E-state index contributed by atoms with van der Waals surface area (Å²) in [7, 11) is 0. The number of allylic oxidation sites excluding steroid dienone is 4. The Bertz CT molecular complexity index is 1130. The summed E-state index contributed by atoms with van der Waals surface area (Å²) >= 11 is 13.1. The molecule has 4 rings (SSSR count). The molecule has 1 aromatic rings. The van der Waals surface area contributed by atoms with Crippen LogP contribution in [0.15, 0.2) is 34.7 Å². The number of halogens is 2. The summed E-state index contributed by atoms with van der Waals surface area (Å²) in [6, 6.07) is 3.39. The van der Waals surface area contributed by atoms with Gasteiger partial charge in [0.2, 0.25) is 0 Å². The van der Waals surface area contributed by atoms with E-state index < -0.39 is 11.8 Å². The number of ketones is 2. The molecule has 1 aliphatic heterocycles. The van der Waals surface area contributed by atoms with Gasteiger partial charge in [-0.25, -0.2) is 0 Å². The number of carbonyl (C=O) groups excluding carboxylic acids is 3. The lowest BCUT2D eigenvalue weighted by molar-refractivity contribution is -0.121. The molecule has 0 bridgehead atoms. The van der Waals surface area contributed by atoms with Crippen LogP contribution in [0.5, 0.6) is 5.75 Å². The lowest BCUT2D eigenvalue weighted by atomic mass is 9.63. The molecule has 0 saturated carbocycles. The van der Waals surface area contributed by atoms with Gasteiger partial charge >= 0.3 is 0 Å². The molecule has 0 spiro atoms. The minimum atomic E-state index is -0.648. The third-order valence-electron chi connectivity index (χ3n) is 7.18. The number of Topliss-reactive ketones (excluding diaryl/α,β-unsaturated/α-hetero) is 2. The Labute approximate surface area is 222 Å². The van der Waals surface area contributed by atoms with Gasteiger partial charge < -0.3 is 15.4 Å². The normalized spacial score (nSPS) is 21.5. The Morgan fingerprint density at radius 1 is 0.972 bits per heavy atom. The van der Waals surface area contributed by atoms with Crippen molar-refractivity contribution in [1.29, 1.82) is 0 Å². The molecule has 0 fully saturated rings. The predicted molar refractivity (Wildman–Crippen MR) is 141 cm³/mol. The monoisotopic (exact) mass is 532 g/mol. The van der Waals surface area contributed by atoms with Gasteiger partial charge in [0, 0.05) is 47.8 Å². The van der Waals surface area contributed by atoms with Crippen molar-refractivity contribution < 1.29 is 19.1 Å². The highest BCUT2D eigenvalue weighted by Gasteiger charge is 2.48. The van der Waals surface area contributed by atoms with Crippen molar-refractivity contribution in [1.82, 2.24) is 4.90 Å². The number of primary amides is 1. The number of carbonyl (C=O) groups is 3. The highest BCUT2D eigenvalue weighted by atomic mass is 35.5. The number of hydrogen-bond donors (Lipinski definition) is 1. The van der Waals surface area contributed by atoms with Crippen molar-refractivity contribution in [3.63, 3.8) is 0 Å². The van der Waals surface area contributed by atoms with Crippen molar-refractivity contribution >= 4 is 40.7 Å². The molecule has 0 aromatic heterocycles. The second-order valence-electron chi connectivity index (χ2n) is 11.8. The molecular formula is C28H34Cl2N2O4. The maximum Gasteiger partial charge on any atom is 0.255 e. The second-order valence-corrected chi connectivity index (χ2v) is 12.6. The summed E-state index contributed by atoms with van der Waals surface area (Å²) in [4.78, 5) is 40.9. The summed E-state index contributed by atoms with van der Waals surface area (Å²) < 4.78 is 5.43. The maximum atomic E-state index is 13.7. The first-order chi connectivity index (χ1) is 16.7. The van der Waals surface area contributed by atoms with Gasteiger partial charge in [-0.15, -0.1) is 0 Å². The first kappa shape index (κ1) is 26.7. The van der Waals surface area contributed by atoms with E-state index in [1.165, 1.54) is 0 Å². The largest absolute Gasteiger partial charge is 0.481 e. The average molecular weight is 533 g/mol. The molecule has 1 heterocycles. The van der Waals surface area contributed by atoms with E-state index in [1.807, 2.05) is 0 Å². The molecule has 0 saturated heterocycles. The van der Waals surface area contributed by atoms with E-state index in [9.17, 15) is 14.4 Å². The van der Waals surface area contributed by atoms with Gasteiger partial charge in [-0.2, -0.15) is 0 Å². The van der Waals surface area contributed by atoms with Crippen LogP contribution in [0.1, 0.15) is 78.2 Å². The van der Waals surface area contributed by atoms with E-state index in [0.717, 1.165) is 37.2 Å². The quantitative estimate of drug-likeness (QED) is 0.488. The van der Waals surface area contributed by atoms with Gasteiger partial charge in [-0.3, -0.25) is 14.4 Å². The van der Waals surface area contributed by atoms with E-state index in [-0.39, 0.29) is 44.8 Å². The van der Waals surface area contributed by atoms with Crippen molar-refractivity contribution in [2.45, 2.75) is 72.6 Å². The minimum absolute atomic E-state index is 0.0536. The molecule has 0 atom stereocenters.